The molecule has 4 aromatic rings. The Morgan fingerprint density at radius 1 is 0.917 bits per heavy atom. The number of methoxy groups -OCH3 is 1. The highest BCUT2D eigenvalue weighted by atomic mass is 19.4. The third-order valence-electron chi connectivity index (χ3n) is 8.77. The van der Waals surface area contributed by atoms with E-state index in [1.54, 1.807) is 29.7 Å². The molecule has 0 spiro atoms. The minimum Gasteiger partial charge on any atom is -0.467 e. The maximum atomic E-state index is 13.7. The summed E-state index contributed by atoms with van der Waals surface area (Å²) in [6.45, 7) is 0.786. The van der Waals surface area contributed by atoms with Crippen LogP contribution in [-0.2, 0) is 12.7 Å². The number of urea groups is 1. The maximum Gasteiger partial charge on any atom is 0.421 e. The first kappa shape index (κ1) is 32.8. The van der Waals surface area contributed by atoms with Crippen LogP contribution in [0.1, 0.15) is 56.1 Å². The van der Waals surface area contributed by atoms with Crippen molar-refractivity contribution in [1.82, 2.24) is 35.2 Å². The largest absolute Gasteiger partial charge is 0.467 e. The van der Waals surface area contributed by atoms with Crippen molar-refractivity contribution in [2.45, 2.75) is 69.8 Å². The summed E-state index contributed by atoms with van der Waals surface area (Å²) in [7, 11) is 1.48. The number of halogens is 3. The summed E-state index contributed by atoms with van der Waals surface area (Å²) in [6, 6.07) is 9.25. The Morgan fingerprint density at radius 3 is 2.29 bits per heavy atom. The summed E-state index contributed by atoms with van der Waals surface area (Å²) in [5, 5.41) is 9.14. The van der Waals surface area contributed by atoms with Crippen LogP contribution in [0, 0.1) is 5.92 Å². The van der Waals surface area contributed by atoms with Gasteiger partial charge in [0.1, 0.15) is 11.4 Å². The van der Waals surface area contributed by atoms with Crippen LogP contribution in [0.3, 0.4) is 0 Å². The minimum atomic E-state index is -4.56. The first-order chi connectivity index (χ1) is 23.3. The van der Waals surface area contributed by atoms with Gasteiger partial charge in [-0.15, -0.1) is 0 Å². The van der Waals surface area contributed by atoms with Crippen LogP contribution >= 0.6 is 0 Å². The average molecular weight is 663 g/mol. The average Bonchev–Trinajstić information content (AvgIpc) is 3.08. The van der Waals surface area contributed by atoms with Crippen LogP contribution in [0.15, 0.2) is 61.3 Å². The lowest BCUT2D eigenvalue weighted by atomic mass is 9.85. The first-order valence-electron chi connectivity index (χ1n) is 16.0. The SMILES string of the molecule is COc1ncc(-c2cnc(N(C(=O)NCc3ccccc3)C3CCC(Nc4ncc(C(F)(F)F)c(NCC5CCC5)n4)CC3)cn2)cn1. The van der Waals surface area contributed by atoms with Gasteiger partial charge in [0, 0.05) is 49.3 Å². The van der Waals surface area contributed by atoms with Crippen LogP contribution < -0.4 is 25.6 Å². The number of alkyl halides is 3. The molecule has 2 amide bonds. The van der Waals surface area contributed by atoms with Gasteiger partial charge in [-0.2, -0.15) is 18.2 Å². The summed E-state index contributed by atoms with van der Waals surface area (Å²) in [4.78, 5) is 40.9. The number of nitrogens with zero attached hydrogens (tertiary/aromatic N) is 7. The molecule has 0 saturated heterocycles. The summed E-state index contributed by atoms with van der Waals surface area (Å²) >= 11 is 0. The number of benzene rings is 1. The molecule has 0 aliphatic heterocycles. The van der Waals surface area contributed by atoms with Gasteiger partial charge in [0.25, 0.3) is 0 Å². The standard InChI is InChI=1S/C33H37F3N10O2/c1-48-31-41-16-23(17-42-31)27-19-38-28(20-37-27)46(32(47)43-15-21-6-3-2-4-7-21)25-12-10-24(11-13-25)44-30-40-18-26(33(34,35)36)29(45-30)39-14-22-8-5-9-22/h2-4,6-7,16-20,22,24-25H,5,8-15H2,1H3,(H,43,47)(H2,39,40,44,45). The Labute approximate surface area is 276 Å². The molecule has 3 N–H and O–H groups in total. The molecule has 3 aromatic heterocycles. The maximum absolute atomic E-state index is 13.7. The van der Waals surface area contributed by atoms with Gasteiger partial charge in [-0.25, -0.2) is 24.7 Å². The fourth-order valence-corrected chi connectivity index (χ4v) is 5.86. The smallest absolute Gasteiger partial charge is 0.421 e. The third-order valence-corrected chi connectivity index (χ3v) is 8.77. The van der Waals surface area contributed by atoms with Crippen molar-refractivity contribution in [2.75, 3.05) is 29.2 Å². The second-order valence-corrected chi connectivity index (χ2v) is 12.0. The number of carbonyl (C=O) groups is 1. The molecular formula is C33H37F3N10O2. The molecule has 1 aromatic carbocycles. The lowest BCUT2D eigenvalue weighted by molar-refractivity contribution is -0.137. The fourth-order valence-electron chi connectivity index (χ4n) is 5.86. The predicted molar refractivity (Wildman–Crippen MR) is 173 cm³/mol. The molecule has 0 radical (unpaired) electrons. The van der Waals surface area contributed by atoms with Gasteiger partial charge in [0.05, 0.1) is 25.2 Å². The number of hydrogen-bond acceptors (Lipinski definition) is 10. The number of aromatic nitrogens is 6. The van der Waals surface area contributed by atoms with E-state index in [2.05, 4.69) is 45.9 Å². The number of ether oxygens (including phenoxy) is 1. The number of nitrogens with one attached hydrogen (secondary N) is 3. The van der Waals surface area contributed by atoms with E-state index in [-0.39, 0.29) is 35.9 Å². The first-order valence-corrected chi connectivity index (χ1v) is 16.0. The Hall–Kier alpha value is -5.08. The number of hydrogen-bond donors (Lipinski definition) is 3. The second kappa shape index (κ2) is 14.8. The van der Waals surface area contributed by atoms with E-state index in [1.165, 1.54) is 7.11 Å². The Kier molecular flexibility index (Phi) is 10.1. The molecule has 6 rings (SSSR count). The quantitative estimate of drug-likeness (QED) is 0.172. The number of rotatable bonds is 11. The zero-order chi connectivity index (χ0) is 33.5. The Bertz CT molecular complexity index is 1650. The molecule has 12 nitrogen and oxygen atoms in total. The molecule has 252 valence electrons. The molecule has 2 aliphatic carbocycles. The molecule has 0 unspecified atom stereocenters. The highest BCUT2D eigenvalue weighted by Gasteiger charge is 2.36. The second-order valence-electron chi connectivity index (χ2n) is 12.0. The normalized spacial score (nSPS) is 18.0. The van der Waals surface area contributed by atoms with Gasteiger partial charge < -0.3 is 20.7 Å². The Balaban J connectivity index is 1.14. The Morgan fingerprint density at radius 2 is 1.67 bits per heavy atom. The fraction of sp³-hybridized carbons (Fsp3) is 0.424. The van der Waals surface area contributed by atoms with Crippen molar-refractivity contribution in [3.8, 4) is 17.3 Å². The molecule has 15 heteroatoms. The lowest BCUT2D eigenvalue weighted by Crippen LogP contribution is -2.49. The highest BCUT2D eigenvalue weighted by molar-refractivity contribution is 5.91. The molecule has 48 heavy (non-hydrogen) atoms. The van der Waals surface area contributed by atoms with E-state index >= 15 is 0 Å². The number of amides is 2. The van der Waals surface area contributed by atoms with E-state index < -0.39 is 11.7 Å². The third kappa shape index (κ3) is 8.06. The zero-order valence-electron chi connectivity index (χ0n) is 26.5. The van der Waals surface area contributed by atoms with Crippen LogP contribution in [0.5, 0.6) is 6.01 Å². The van der Waals surface area contributed by atoms with Gasteiger partial charge in [0.2, 0.25) is 5.95 Å². The van der Waals surface area contributed by atoms with Crippen molar-refractivity contribution < 1.29 is 22.7 Å². The van der Waals surface area contributed by atoms with Gasteiger partial charge in [-0.3, -0.25) is 9.88 Å². The van der Waals surface area contributed by atoms with Gasteiger partial charge in [-0.05, 0) is 50.0 Å². The molecule has 2 saturated carbocycles. The topological polar surface area (TPSA) is 143 Å². The van der Waals surface area contributed by atoms with Crippen molar-refractivity contribution in [3.05, 3.63) is 72.4 Å². The lowest BCUT2D eigenvalue weighted by Gasteiger charge is -2.36. The number of anilines is 3. The van der Waals surface area contributed by atoms with Crippen LogP contribution in [-0.4, -0.2) is 61.7 Å². The van der Waals surface area contributed by atoms with Crippen molar-refractivity contribution in [2.24, 2.45) is 5.92 Å². The molecule has 2 fully saturated rings. The summed E-state index contributed by atoms with van der Waals surface area (Å²) in [5.74, 6) is 0.690. The van der Waals surface area contributed by atoms with Crippen molar-refractivity contribution >= 4 is 23.6 Å². The summed E-state index contributed by atoms with van der Waals surface area (Å²) in [6.07, 6.45) is 8.17. The number of carbonyl (C=O) groups excluding carboxylic acids is 1. The zero-order valence-corrected chi connectivity index (χ0v) is 26.5. The van der Waals surface area contributed by atoms with E-state index in [9.17, 15) is 18.0 Å². The van der Waals surface area contributed by atoms with Gasteiger partial charge in [-0.1, -0.05) is 36.8 Å². The van der Waals surface area contributed by atoms with Gasteiger partial charge in [0.15, 0.2) is 5.82 Å². The molecule has 2 aliphatic rings. The molecular weight excluding hydrogens is 625 g/mol. The summed E-state index contributed by atoms with van der Waals surface area (Å²) < 4.78 is 46.0. The molecule has 0 bridgehead atoms. The van der Waals surface area contributed by atoms with E-state index in [0.717, 1.165) is 31.0 Å². The molecule has 0 atom stereocenters. The predicted octanol–water partition coefficient (Wildman–Crippen LogP) is 6.10. The molecule has 3 heterocycles. The van der Waals surface area contributed by atoms with Crippen molar-refractivity contribution in [3.63, 3.8) is 0 Å². The highest BCUT2D eigenvalue weighted by Crippen LogP contribution is 2.35. The monoisotopic (exact) mass is 662 g/mol. The van der Waals surface area contributed by atoms with Crippen LogP contribution in [0.25, 0.3) is 11.3 Å². The minimum absolute atomic E-state index is 0.0877. The van der Waals surface area contributed by atoms with E-state index in [4.69, 9.17) is 4.74 Å². The van der Waals surface area contributed by atoms with E-state index in [0.29, 0.717) is 61.8 Å². The van der Waals surface area contributed by atoms with Gasteiger partial charge >= 0.3 is 18.2 Å². The summed E-state index contributed by atoms with van der Waals surface area (Å²) in [5.41, 5.74) is 1.27. The van der Waals surface area contributed by atoms with E-state index in [1.807, 2.05) is 30.3 Å². The van der Waals surface area contributed by atoms with Crippen molar-refractivity contribution in [1.29, 1.82) is 0 Å². The van der Waals surface area contributed by atoms with Crippen LogP contribution in [0.2, 0.25) is 0 Å². The van der Waals surface area contributed by atoms with Crippen LogP contribution in [0.4, 0.5) is 35.5 Å².